The lowest BCUT2D eigenvalue weighted by Gasteiger charge is -2.35. The maximum absolute atomic E-state index is 14.2. The molecule has 0 aliphatic rings. The van der Waals surface area contributed by atoms with Gasteiger partial charge in [0, 0.05) is 33.0 Å². The van der Waals surface area contributed by atoms with Crippen LogP contribution in [-0.2, 0) is 32.6 Å². The fourth-order valence-electron chi connectivity index (χ4n) is 4.24. The summed E-state index contributed by atoms with van der Waals surface area (Å²) in [5.74, 6) is -0.933. The van der Waals surface area contributed by atoms with E-state index in [1.54, 1.807) is 36.4 Å². The molecule has 0 saturated carbocycles. The van der Waals surface area contributed by atoms with Crippen LogP contribution in [0.2, 0.25) is 10.0 Å². The highest BCUT2D eigenvalue weighted by Crippen LogP contribution is 2.27. The Kier molecular flexibility index (Phi) is 10.9. The van der Waals surface area contributed by atoms with E-state index < -0.39 is 34.1 Å². The minimum absolute atomic E-state index is 0.0408. The largest absolute Gasteiger partial charge is 0.350 e. The molecule has 3 rings (SSSR count). The van der Waals surface area contributed by atoms with E-state index in [1.165, 1.54) is 4.90 Å². The molecule has 3 aromatic rings. The van der Waals surface area contributed by atoms with Crippen molar-refractivity contribution in [2.75, 3.05) is 17.1 Å². The number of nitrogens with one attached hydrogen (secondary N) is 1. The van der Waals surface area contributed by atoms with Crippen molar-refractivity contribution >= 4 is 66.7 Å². The van der Waals surface area contributed by atoms with Gasteiger partial charge in [-0.25, -0.2) is 8.42 Å². The highest BCUT2D eigenvalue weighted by Gasteiger charge is 2.34. The Labute approximate surface area is 261 Å². The summed E-state index contributed by atoms with van der Waals surface area (Å²) in [4.78, 5) is 29.3. The summed E-state index contributed by atoms with van der Waals surface area (Å²) in [6.45, 7) is 6.84. The number of anilines is 1. The molecule has 41 heavy (non-hydrogen) atoms. The molecule has 2 amide bonds. The summed E-state index contributed by atoms with van der Waals surface area (Å²) in [6.07, 6.45) is 1.25. The van der Waals surface area contributed by atoms with Gasteiger partial charge in [0.1, 0.15) is 12.6 Å². The van der Waals surface area contributed by atoms with Gasteiger partial charge in [0.05, 0.1) is 11.9 Å². The number of carbonyl (C=O) groups excluding carboxylic acids is 2. The third-order valence-corrected chi connectivity index (χ3v) is 8.85. The molecular weight excluding hydrogens is 649 g/mol. The number of amides is 2. The predicted octanol–water partition coefficient (Wildman–Crippen LogP) is 6.39. The molecule has 1 atom stereocenters. The van der Waals surface area contributed by atoms with E-state index >= 15 is 0 Å². The molecule has 0 bridgehead atoms. The topological polar surface area (TPSA) is 86.8 Å². The Morgan fingerprint density at radius 3 is 2.22 bits per heavy atom. The second-order valence-corrected chi connectivity index (χ2v) is 14.5. The SMILES string of the molecule is Cc1cc(N(CC(=O)N(Cc2ccc(Cl)cc2Cl)[C@H](Cc2ccccc2)C(=O)NC(C)(C)C)S(C)(=O)=O)ccc1Br. The van der Waals surface area contributed by atoms with E-state index in [0.29, 0.717) is 21.3 Å². The number of hydrogen-bond donors (Lipinski definition) is 1. The highest BCUT2D eigenvalue weighted by atomic mass is 79.9. The molecule has 220 valence electrons. The number of rotatable bonds is 10. The average Bonchev–Trinajstić information content (AvgIpc) is 2.86. The molecule has 11 heteroatoms. The first-order valence-electron chi connectivity index (χ1n) is 12.9. The number of hydrogen-bond acceptors (Lipinski definition) is 4. The van der Waals surface area contributed by atoms with Crippen LogP contribution < -0.4 is 9.62 Å². The van der Waals surface area contributed by atoms with Crippen LogP contribution in [0.1, 0.15) is 37.5 Å². The Morgan fingerprint density at radius 1 is 1.00 bits per heavy atom. The number of halogens is 3. The number of sulfonamides is 1. The molecule has 0 saturated heterocycles. The second kappa shape index (κ2) is 13.6. The predicted molar refractivity (Wildman–Crippen MR) is 170 cm³/mol. The first-order valence-corrected chi connectivity index (χ1v) is 16.3. The van der Waals surface area contributed by atoms with Crippen molar-refractivity contribution in [3.63, 3.8) is 0 Å². The van der Waals surface area contributed by atoms with Crippen molar-refractivity contribution in [2.24, 2.45) is 0 Å². The van der Waals surface area contributed by atoms with Crippen molar-refractivity contribution in [3.05, 3.63) is 97.9 Å². The standard InChI is InChI=1S/C30H34BrCl2N3O4S/c1-20-15-24(13-14-25(20)31)36(41(5,39)40)19-28(37)35(18-22-11-12-23(32)17-26(22)33)27(29(38)34-30(2,3)4)16-21-9-7-6-8-10-21/h6-15,17,27H,16,18-19H2,1-5H3,(H,34,38)/t27-/m1/s1. The number of nitrogens with zero attached hydrogens (tertiary/aromatic N) is 2. The Morgan fingerprint density at radius 2 is 1.66 bits per heavy atom. The van der Waals surface area contributed by atoms with E-state index in [1.807, 2.05) is 58.0 Å². The fourth-order valence-corrected chi connectivity index (χ4v) is 5.79. The molecule has 0 aliphatic carbocycles. The van der Waals surface area contributed by atoms with Gasteiger partial charge in [-0.15, -0.1) is 0 Å². The van der Waals surface area contributed by atoms with Crippen LogP contribution in [0.3, 0.4) is 0 Å². The minimum atomic E-state index is -3.87. The van der Waals surface area contributed by atoms with Crippen LogP contribution in [0.15, 0.2) is 71.2 Å². The highest BCUT2D eigenvalue weighted by molar-refractivity contribution is 9.10. The van der Waals surface area contributed by atoms with Crippen LogP contribution in [0.4, 0.5) is 5.69 Å². The van der Waals surface area contributed by atoms with Crippen LogP contribution in [0.25, 0.3) is 0 Å². The Hall–Kier alpha value is -2.59. The van der Waals surface area contributed by atoms with Gasteiger partial charge in [0.25, 0.3) is 0 Å². The van der Waals surface area contributed by atoms with Crippen molar-refractivity contribution in [1.29, 1.82) is 0 Å². The first kappa shape index (κ1) is 32.9. The smallest absolute Gasteiger partial charge is 0.244 e. The van der Waals surface area contributed by atoms with Gasteiger partial charge in [-0.2, -0.15) is 0 Å². The summed E-state index contributed by atoms with van der Waals surface area (Å²) in [7, 11) is -3.87. The molecule has 0 radical (unpaired) electrons. The molecule has 3 aromatic carbocycles. The van der Waals surface area contributed by atoms with Crippen LogP contribution >= 0.6 is 39.1 Å². The Bertz CT molecular complexity index is 1510. The molecular formula is C30H34BrCl2N3O4S. The fraction of sp³-hybridized carbons (Fsp3) is 0.333. The van der Waals surface area contributed by atoms with Gasteiger partial charge in [0.2, 0.25) is 21.8 Å². The summed E-state index contributed by atoms with van der Waals surface area (Å²) in [6, 6.07) is 18.3. The van der Waals surface area contributed by atoms with Crippen molar-refractivity contribution < 1.29 is 18.0 Å². The lowest BCUT2D eigenvalue weighted by atomic mass is 10.0. The van der Waals surface area contributed by atoms with Crippen LogP contribution in [-0.4, -0.2) is 49.5 Å². The number of aryl methyl sites for hydroxylation is 1. The first-order chi connectivity index (χ1) is 19.0. The number of carbonyl (C=O) groups is 2. The van der Waals surface area contributed by atoms with E-state index in [4.69, 9.17) is 23.2 Å². The molecule has 0 aromatic heterocycles. The molecule has 7 nitrogen and oxygen atoms in total. The van der Waals surface area contributed by atoms with Gasteiger partial charge >= 0.3 is 0 Å². The third kappa shape index (κ3) is 9.46. The lowest BCUT2D eigenvalue weighted by molar-refractivity contribution is -0.140. The molecule has 0 spiro atoms. The summed E-state index contributed by atoms with van der Waals surface area (Å²) >= 11 is 16.0. The zero-order chi connectivity index (χ0) is 30.5. The maximum atomic E-state index is 14.2. The van der Waals surface area contributed by atoms with E-state index in [2.05, 4.69) is 21.2 Å². The van der Waals surface area contributed by atoms with Gasteiger partial charge < -0.3 is 10.2 Å². The van der Waals surface area contributed by atoms with Crippen LogP contribution in [0.5, 0.6) is 0 Å². The normalized spacial score (nSPS) is 12.5. The van der Waals surface area contributed by atoms with Crippen LogP contribution in [0, 0.1) is 6.92 Å². The zero-order valence-electron chi connectivity index (χ0n) is 23.6. The molecule has 0 fully saturated rings. The van der Waals surface area contributed by atoms with E-state index in [9.17, 15) is 18.0 Å². The van der Waals surface area contributed by atoms with Gasteiger partial charge in [0.15, 0.2) is 0 Å². The lowest BCUT2D eigenvalue weighted by Crippen LogP contribution is -2.56. The van der Waals surface area contributed by atoms with Crippen molar-refractivity contribution in [2.45, 2.75) is 52.2 Å². The third-order valence-electron chi connectivity index (χ3n) is 6.23. The zero-order valence-corrected chi connectivity index (χ0v) is 27.5. The monoisotopic (exact) mass is 681 g/mol. The van der Waals surface area contributed by atoms with E-state index in [0.717, 1.165) is 26.2 Å². The number of benzene rings is 3. The summed E-state index contributed by atoms with van der Waals surface area (Å²) in [5, 5.41) is 3.74. The van der Waals surface area contributed by atoms with Crippen molar-refractivity contribution in [1.82, 2.24) is 10.2 Å². The second-order valence-electron chi connectivity index (χ2n) is 10.9. The summed E-state index contributed by atoms with van der Waals surface area (Å²) < 4.78 is 27.7. The quantitative estimate of drug-likeness (QED) is 0.269. The summed E-state index contributed by atoms with van der Waals surface area (Å²) in [5.41, 5.74) is 1.97. The van der Waals surface area contributed by atoms with Crippen molar-refractivity contribution in [3.8, 4) is 0 Å². The van der Waals surface area contributed by atoms with Gasteiger partial charge in [-0.05, 0) is 74.7 Å². The molecule has 0 heterocycles. The van der Waals surface area contributed by atoms with E-state index in [-0.39, 0.29) is 18.9 Å². The molecule has 0 unspecified atom stereocenters. The van der Waals surface area contributed by atoms with Gasteiger partial charge in [-0.1, -0.05) is 75.5 Å². The Balaban J connectivity index is 2.11. The average molecular weight is 683 g/mol. The van der Waals surface area contributed by atoms with Gasteiger partial charge in [-0.3, -0.25) is 13.9 Å². The maximum Gasteiger partial charge on any atom is 0.244 e. The molecule has 0 aliphatic heterocycles. The minimum Gasteiger partial charge on any atom is -0.350 e. The molecule has 1 N–H and O–H groups in total.